The number of hydrogen-bond donors (Lipinski definition) is 3. The van der Waals surface area contributed by atoms with Crippen LogP contribution in [0.3, 0.4) is 0 Å². The zero-order chi connectivity index (χ0) is 10.7. The maximum absolute atomic E-state index is 13.1. The molecule has 5 N–H and O–H groups in total. The lowest BCUT2D eigenvalue weighted by Crippen LogP contribution is -2.21. The van der Waals surface area contributed by atoms with E-state index in [0.717, 1.165) is 6.07 Å². The molecule has 1 aromatic rings. The molecule has 0 aliphatic heterocycles. The summed E-state index contributed by atoms with van der Waals surface area (Å²) in [6, 6.07) is 3.28. The van der Waals surface area contributed by atoms with Crippen LogP contribution in [0.25, 0.3) is 0 Å². The molecule has 0 spiro atoms. The zero-order valence-electron chi connectivity index (χ0n) is 7.40. The van der Waals surface area contributed by atoms with Gasteiger partial charge in [-0.15, -0.1) is 0 Å². The minimum Gasteiger partial charge on any atom is -0.478 e. The Morgan fingerprint density at radius 2 is 2.21 bits per heavy atom. The van der Waals surface area contributed by atoms with Crippen LogP contribution in [-0.4, -0.2) is 17.6 Å². The zero-order valence-corrected chi connectivity index (χ0v) is 7.40. The van der Waals surface area contributed by atoms with E-state index in [9.17, 15) is 9.18 Å². The Morgan fingerprint density at radius 3 is 2.64 bits per heavy atom. The van der Waals surface area contributed by atoms with Gasteiger partial charge in [0.15, 0.2) is 0 Å². The highest BCUT2D eigenvalue weighted by atomic mass is 19.1. The van der Waals surface area contributed by atoms with Gasteiger partial charge >= 0.3 is 5.97 Å². The van der Waals surface area contributed by atoms with Crippen LogP contribution in [0.5, 0.6) is 0 Å². The lowest BCUT2D eigenvalue weighted by atomic mass is 10.1. The molecule has 0 saturated carbocycles. The number of aromatic carboxylic acids is 1. The summed E-state index contributed by atoms with van der Waals surface area (Å²) >= 11 is 0. The number of nitrogens with two attached hydrogens (primary N) is 2. The van der Waals surface area contributed by atoms with E-state index in [-0.39, 0.29) is 12.1 Å². The van der Waals surface area contributed by atoms with E-state index in [0.29, 0.717) is 5.56 Å². The highest BCUT2D eigenvalue weighted by Gasteiger charge is 2.12. The van der Waals surface area contributed by atoms with Crippen molar-refractivity contribution in [3.63, 3.8) is 0 Å². The molecular weight excluding hydrogens is 187 g/mol. The molecule has 0 aromatic heterocycles. The summed E-state index contributed by atoms with van der Waals surface area (Å²) in [6.45, 7) is 0.186. The smallest absolute Gasteiger partial charge is 0.338 e. The van der Waals surface area contributed by atoms with Crippen LogP contribution in [0.1, 0.15) is 22.0 Å². The second kappa shape index (κ2) is 4.17. The predicted octanol–water partition coefficient (Wildman–Crippen LogP) is 0.482. The second-order valence-electron chi connectivity index (χ2n) is 2.89. The first-order chi connectivity index (χ1) is 6.56. The number of hydrogen-bond acceptors (Lipinski definition) is 3. The van der Waals surface area contributed by atoms with Crippen LogP contribution >= 0.6 is 0 Å². The molecule has 0 unspecified atom stereocenters. The summed E-state index contributed by atoms with van der Waals surface area (Å²) in [5.74, 6) is -2.09. The highest BCUT2D eigenvalue weighted by molar-refractivity contribution is 5.87. The van der Waals surface area contributed by atoms with Gasteiger partial charge in [-0.25, -0.2) is 9.18 Å². The van der Waals surface area contributed by atoms with E-state index in [4.69, 9.17) is 16.6 Å². The fraction of sp³-hybridized carbons (Fsp3) is 0.222. The number of carboxylic acids is 1. The normalized spacial score (nSPS) is 12.5. The van der Waals surface area contributed by atoms with Crippen LogP contribution in [0.15, 0.2) is 18.2 Å². The van der Waals surface area contributed by atoms with Gasteiger partial charge in [-0.05, 0) is 17.7 Å². The van der Waals surface area contributed by atoms with Crippen molar-refractivity contribution in [3.8, 4) is 0 Å². The molecule has 0 heterocycles. The Hall–Kier alpha value is -1.46. The second-order valence-corrected chi connectivity index (χ2v) is 2.89. The van der Waals surface area contributed by atoms with E-state index in [2.05, 4.69) is 0 Å². The van der Waals surface area contributed by atoms with Crippen LogP contribution < -0.4 is 11.5 Å². The molecule has 5 heteroatoms. The average Bonchev–Trinajstić information content (AvgIpc) is 2.15. The third kappa shape index (κ3) is 2.07. The van der Waals surface area contributed by atoms with Crippen molar-refractivity contribution < 1.29 is 14.3 Å². The fourth-order valence-electron chi connectivity index (χ4n) is 1.07. The van der Waals surface area contributed by atoms with Crippen LogP contribution in [0.4, 0.5) is 4.39 Å². The van der Waals surface area contributed by atoms with E-state index in [1.54, 1.807) is 0 Å². The first-order valence-electron chi connectivity index (χ1n) is 4.04. The molecule has 14 heavy (non-hydrogen) atoms. The van der Waals surface area contributed by atoms with Crippen molar-refractivity contribution in [3.05, 3.63) is 35.1 Å². The van der Waals surface area contributed by atoms with Crippen molar-refractivity contribution in [2.24, 2.45) is 11.5 Å². The molecule has 4 nitrogen and oxygen atoms in total. The summed E-state index contributed by atoms with van der Waals surface area (Å²) in [4.78, 5) is 10.5. The number of carbonyl (C=O) groups is 1. The summed E-state index contributed by atoms with van der Waals surface area (Å²) < 4.78 is 13.1. The Morgan fingerprint density at radius 1 is 1.57 bits per heavy atom. The lowest BCUT2D eigenvalue weighted by molar-refractivity contribution is 0.0692. The maximum Gasteiger partial charge on any atom is 0.338 e. The molecule has 76 valence electrons. The van der Waals surface area contributed by atoms with Crippen molar-refractivity contribution in [1.29, 1.82) is 0 Å². The first kappa shape index (κ1) is 10.6. The minimum absolute atomic E-state index is 0.186. The molecule has 1 rings (SSSR count). The molecule has 0 fully saturated rings. The standard InChI is InChI=1S/C9H11FN2O2/c10-7-3-5(8(12)4-11)1-2-6(7)9(13)14/h1-3,8H,4,11-12H2,(H,13,14)/t8-/m0/s1. The SMILES string of the molecule is NC[C@H](N)c1ccc(C(=O)O)c(F)c1. The van der Waals surface area contributed by atoms with Crippen molar-refractivity contribution in [2.45, 2.75) is 6.04 Å². The first-order valence-corrected chi connectivity index (χ1v) is 4.04. The number of halogens is 1. The van der Waals surface area contributed by atoms with Gasteiger partial charge in [-0.3, -0.25) is 0 Å². The van der Waals surface area contributed by atoms with Gasteiger partial charge < -0.3 is 16.6 Å². The molecule has 0 aliphatic carbocycles. The van der Waals surface area contributed by atoms with Crippen LogP contribution in [0.2, 0.25) is 0 Å². The summed E-state index contributed by atoms with van der Waals surface area (Å²) in [5, 5.41) is 8.56. The van der Waals surface area contributed by atoms with Crippen molar-refractivity contribution in [2.75, 3.05) is 6.54 Å². The summed E-state index contributed by atoms with van der Waals surface area (Å²) in [6.07, 6.45) is 0. The van der Waals surface area contributed by atoms with E-state index in [1.165, 1.54) is 12.1 Å². The Balaban J connectivity index is 3.06. The third-order valence-corrected chi connectivity index (χ3v) is 1.91. The van der Waals surface area contributed by atoms with E-state index >= 15 is 0 Å². The van der Waals surface area contributed by atoms with Gasteiger partial charge in [0.2, 0.25) is 0 Å². The third-order valence-electron chi connectivity index (χ3n) is 1.91. The number of benzene rings is 1. The molecule has 0 amide bonds. The van der Waals surface area contributed by atoms with Crippen LogP contribution in [0, 0.1) is 5.82 Å². The Kier molecular flexibility index (Phi) is 3.16. The molecule has 1 atom stereocenters. The molecular formula is C9H11FN2O2. The fourth-order valence-corrected chi connectivity index (χ4v) is 1.07. The van der Waals surface area contributed by atoms with Gasteiger partial charge in [0.25, 0.3) is 0 Å². The van der Waals surface area contributed by atoms with Gasteiger partial charge in [-0.1, -0.05) is 6.07 Å². The molecule has 0 saturated heterocycles. The molecule has 0 bridgehead atoms. The van der Waals surface area contributed by atoms with Crippen LogP contribution in [-0.2, 0) is 0 Å². The number of carboxylic acid groups (broad SMARTS) is 1. The predicted molar refractivity (Wildman–Crippen MR) is 49.3 cm³/mol. The minimum atomic E-state index is -1.30. The topological polar surface area (TPSA) is 89.3 Å². The largest absolute Gasteiger partial charge is 0.478 e. The van der Waals surface area contributed by atoms with Gasteiger partial charge in [0.1, 0.15) is 5.82 Å². The van der Waals surface area contributed by atoms with E-state index < -0.39 is 17.8 Å². The molecule has 0 aliphatic rings. The monoisotopic (exact) mass is 198 g/mol. The highest BCUT2D eigenvalue weighted by Crippen LogP contribution is 2.14. The summed E-state index contributed by atoms with van der Waals surface area (Å²) in [7, 11) is 0. The van der Waals surface area contributed by atoms with Gasteiger partial charge in [-0.2, -0.15) is 0 Å². The Labute approximate surface area is 80.3 Å². The van der Waals surface area contributed by atoms with Crippen molar-refractivity contribution in [1.82, 2.24) is 0 Å². The van der Waals surface area contributed by atoms with Crippen molar-refractivity contribution >= 4 is 5.97 Å². The molecule has 0 radical (unpaired) electrons. The summed E-state index contributed by atoms with van der Waals surface area (Å²) in [5.41, 5.74) is 11.0. The Bertz CT molecular complexity index is 355. The number of rotatable bonds is 3. The average molecular weight is 198 g/mol. The van der Waals surface area contributed by atoms with E-state index in [1.807, 2.05) is 0 Å². The lowest BCUT2D eigenvalue weighted by Gasteiger charge is -2.09. The maximum atomic E-state index is 13.1. The van der Waals surface area contributed by atoms with Gasteiger partial charge in [0, 0.05) is 12.6 Å². The van der Waals surface area contributed by atoms with Gasteiger partial charge in [0.05, 0.1) is 5.56 Å². The molecule has 1 aromatic carbocycles. The quantitative estimate of drug-likeness (QED) is 0.659.